The van der Waals surface area contributed by atoms with Crippen molar-refractivity contribution in [2.45, 2.75) is 12.8 Å². The minimum absolute atomic E-state index is 0.0757. The summed E-state index contributed by atoms with van der Waals surface area (Å²) in [5, 5.41) is 10.0. The number of carboxylic acids is 1. The monoisotopic (exact) mass is 400 g/mol. The Hall–Kier alpha value is -3.84. The number of ketones is 1. The molecular weight excluding hydrogens is 380 g/mol. The Labute approximate surface area is 172 Å². The van der Waals surface area contributed by atoms with E-state index < -0.39 is 5.97 Å². The Morgan fingerprint density at radius 2 is 1.70 bits per heavy atom. The maximum absolute atomic E-state index is 11.7. The van der Waals surface area contributed by atoms with Crippen molar-refractivity contribution in [3.63, 3.8) is 0 Å². The number of nitrogens with one attached hydrogen (secondary N) is 1. The number of fused-ring (bicyclic) bond motifs is 1. The molecule has 7 nitrogen and oxygen atoms in total. The molecule has 0 saturated carbocycles. The van der Waals surface area contributed by atoms with Crippen molar-refractivity contribution in [1.29, 1.82) is 0 Å². The topological polar surface area (TPSA) is 122 Å². The lowest BCUT2D eigenvalue weighted by Crippen LogP contribution is -2.10. The molecule has 0 atom stereocenters. The van der Waals surface area contributed by atoms with E-state index in [1.54, 1.807) is 36.7 Å². The summed E-state index contributed by atoms with van der Waals surface area (Å²) < 4.78 is 0. The van der Waals surface area contributed by atoms with Crippen LogP contribution in [0.2, 0.25) is 0 Å². The summed E-state index contributed by atoms with van der Waals surface area (Å²) in [5.41, 5.74) is 10.8. The Kier molecular flexibility index (Phi) is 5.36. The van der Waals surface area contributed by atoms with Gasteiger partial charge >= 0.3 is 5.97 Å². The smallest absolute Gasteiger partial charge is 0.335 e. The third-order valence-electron chi connectivity index (χ3n) is 4.93. The zero-order valence-corrected chi connectivity index (χ0v) is 16.1. The highest BCUT2D eigenvalue weighted by Gasteiger charge is 2.11. The first-order chi connectivity index (χ1) is 14.5. The van der Waals surface area contributed by atoms with Crippen LogP contribution in [-0.4, -0.2) is 38.4 Å². The Morgan fingerprint density at radius 3 is 2.37 bits per heavy atom. The van der Waals surface area contributed by atoms with Gasteiger partial charge in [0.2, 0.25) is 0 Å². The Morgan fingerprint density at radius 1 is 0.967 bits per heavy atom. The van der Waals surface area contributed by atoms with Gasteiger partial charge in [-0.15, -0.1) is 0 Å². The van der Waals surface area contributed by atoms with Gasteiger partial charge in [-0.25, -0.2) is 9.78 Å². The molecule has 7 heteroatoms. The number of H-pyrrole nitrogens is 1. The van der Waals surface area contributed by atoms with Crippen molar-refractivity contribution in [3.8, 4) is 22.3 Å². The van der Waals surface area contributed by atoms with Crippen LogP contribution in [0.25, 0.3) is 33.3 Å². The molecule has 0 spiro atoms. The van der Waals surface area contributed by atoms with E-state index >= 15 is 0 Å². The van der Waals surface area contributed by atoms with Crippen LogP contribution >= 0.6 is 0 Å². The molecule has 0 radical (unpaired) electrons. The number of aromatic nitrogens is 3. The highest BCUT2D eigenvalue weighted by Crippen LogP contribution is 2.31. The number of pyridine rings is 2. The molecule has 0 unspecified atom stereocenters. The molecule has 0 saturated heterocycles. The van der Waals surface area contributed by atoms with Crippen molar-refractivity contribution in [3.05, 3.63) is 72.3 Å². The molecule has 30 heavy (non-hydrogen) atoms. The van der Waals surface area contributed by atoms with Gasteiger partial charge in [0.1, 0.15) is 11.4 Å². The van der Waals surface area contributed by atoms with Crippen LogP contribution in [0.3, 0.4) is 0 Å². The number of carboxylic acid groups (broad SMARTS) is 1. The van der Waals surface area contributed by atoms with Crippen LogP contribution in [0.4, 0.5) is 0 Å². The summed E-state index contributed by atoms with van der Waals surface area (Å²) in [6.07, 6.45) is 6.01. The minimum atomic E-state index is -0.954. The fourth-order valence-electron chi connectivity index (χ4n) is 3.34. The number of benzene rings is 1. The summed E-state index contributed by atoms with van der Waals surface area (Å²) in [6.45, 7) is 0.348. The number of aromatic amines is 1. The molecule has 0 amide bonds. The first kappa shape index (κ1) is 19.5. The van der Waals surface area contributed by atoms with E-state index in [4.69, 9.17) is 10.8 Å². The van der Waals surface area contributed by atoms with Crippen molar-refractivity contribution in [1.82, 2.24) is 15.0 Å². The SMILES string of the molecule is NCCC(=O)Cc1ccc(-c2cnc3[nH]cc(-c4ccc(C(=O)O)cc4)c3c2)cn1. The minimum Gasteiger partial charge on any atom is -0.478 e. The van der Waals surface area contributed by atoms with Gasteiger partial charge in [0.15, 0.2) is 0 Å². The van der Waals surface area contributed by atoms with E-state index in [9.17, 15) is 9.59 Å². The van der Waals surface area contributed by atoms with E-state index in [0.717, 1.165) is 33.3 Å². The number of nitrogens with two attached hydrogens (primary N) is 1. The van der Waals surface area contributed by atoms with Crippen LogP contribution in [-0.2, 0) is 11.2 Å². The van der Waals surface area contributed by atoms with E-state index in [0.29, 0.717) is 18.7 Å². The predicted molar refractivity (Wildman–Crippen MR) is 114 cm³/mol. The number of carbonyl (C=O) groups excluding carboxylic acids is 1. The van der Waals surface area contributed by atoms with Crippen molar-refractivity contribution >= 4 is 22.8 Å². The fourth-order valence-corrected chi connectivity index (χ4v) is 3.34. The number of rotatable bonds is 7. The van der Waals surface area contributed by atoms with Crippen molar-refractivity contribution in [2.24, 2.45) is 5.73 Å². The van der Waals surface area contributed by atoms with E-state index in [-0.39, 0.29) is 17.8 Å². The van der Waals surface area contributed by atoms with Gasteiger partial charge in [0.05, 0.1) is 5.56 Å². The van der Waals surface area contributed by atoms with Gasteiger partial charge in [0, 0.05) is 59.2 Å². The Balaban J connectivity index is 1.64. The van der Waals surface area contributed by atoms with Crippen LogP contribution in [0.5, 0.6) is 0 Å². The number of hydrogen-bond acceptors (Lipinski definition) is 5. The first-order valence-electron chi connectivity index (χ1n) is 9.53. The summed E-state index contributed by atoms with van der Waals surface area (Å²) in [5.74, 6) is -0.878. The second kappa shape index (κ2) is 8.26. The molecule has 1 aromatic carbocycles. The molecule has 0 aliphatic heterocycles. The van der Waals surface area contributed by atoms with E-state index in [1.807, 2.05) is 24.4 Å². The molecule has 0 aliphatic carbocycles. The molecule has 4 aromatic rings. The third-order valence-corrected chi connectivity index (χ3v) is 4.93. The average Bonchev–Trinajstić information content (AvgIpc) is 3.18. The van der Waals surface area contributed by atoms with Crippen molar-refractivity contribution in [2.75, 3.05) is 6.54 Å². The summed E-state index contributed by atoms with van der Waals surface area (Å²) in [7, 11) is 0. The van der Waals surface area contributed by atoms with Crippen LogP contribution in [0.1, 0.15) is 22.5 Å². The van der Waals surface area contributed by atoms with Gasteiger partial charge in [-0.2, -0.15) is 0 Å². The molecule has 0 fully saturated rings. The number of aromatic carboxylic acids is 1. The number of Topliss-reactive ketones (excluding diaryl/α,β-unsaturated/α-hetero) is 1. The number of nitrogens with zero attached hydrogens (tertiary/aromatic N) is 2. The maximum Gasteiger partial charge on any atom is 0.335 e. The van der Waals surface area contributed by atoms with Gasteiger partial charge in [-0.3, -0.25) is 9.78 Å². The zero-order chi connectivity index (χ0) is 21.1. The molecule has 4 rings (SSSR count). The molecular formula is C23H20N4O3. The van der Waals surface area contributed by atoms with Gasteiger partial charge in [0.25, 0.3) is 0 Å². The number of carbonyl (C=O) groups is 2. The van der Waals surface area contributed by atoms with Gasteiger partial charge in [-0.1, -0.05) is 18.2 Å². The third kappa shape index (κ3) is 3.97. The van der Waals surface area contributed by atoms with Gasteiger partial charge < -0.3 is 15.8 Å². The highest BCUT2D eigenvalue weighted by atomic mass is 16.4. The number of hydrogen-bond donors (Lipinski definition) is 3. The normalized spacial score (nSPS) is 11.0. The molecule has 0 aliphatic rings. The summed E-state index contributed by atoms with van der Waals surface area (Å²) >= 11 is 0. The molecule has 3 heterocycles. The molecule has 150 valence electrons. The standard InChI is InChI=1S/C23H20N4O3/c24-8-7-19(28)10-18-6-5-16(11-25-18)17-9-20-21(13-27-22(20)26-12-17)14-1-3-15(4-2-14)23(29)30/h1-6,9,11-13H,7-8,10,24H2,(H,26,27)(H,29,30). The predicted octanol–water partition coefficient (Wildman–Crippen LogP) is 3.45. The quantitative estimate of drug-likeness (QED) is 0.437. The van der Waals surface area contributed by atoms with Crippen LogP contribution in [0, 0.1) is 0 Å². The van der Waals surface area contributed by atoms with Gasteiger partial charge in [-0.05, 0) is 36.4 Å². The van der Waals surface area contributed by atoms with Crippen LogP contribution < -0.4 is 5.73 Å². The van der Waals surface area contributed by atoms with E-state index in [2.05, 4.69) is 15.0 Å². The average molecular weight is 400 g/mol. The first-order valence-corrected chi connectivity index (χ1v) is 9.53. The summed E-state index contributed by atoms with van der Waals surface area (Å²) in [4.78, 5) is 34.9. The highest BCUT2D eigenvalue weighted by molar-refractivity contribution is 5.96. The molecule has 3 aromatic heterocycles. The van der Waals surface area contributed by atoms with Crippen molar-refractivity contribution < 1.29 is 14.7 Å². The van der Waals surface area contributed by atoms with Crippen LogP contribution in [0.15, 0.2) is 61.1 Å². The molecule has 4 N–H and O–H groups in total. The lowest BCUT2D eigenvalue weighted by Gasteiger charge is -2.05. The maximum atomic E-state index is 11.7. The van der Waals surface area contributed by atoms with E-state index in [1.165, 1.54) is 0 Å². The Bertz CT molecular complexity index is 1210. The lowest BCUT2D eigenvalue weighted by molar-refractivity contribution is -0.118. The summed E-state index contributed by atoms with van der Waals surface area (Å²) in [6, 6.07) is 12.5. The largest absolute Gasteiger partial charge is 0.478 e. The molecule has 0 bridgehead atoms. The zero-order valence-electron chi connectivity index (χ0n) is 16.1. The lowest BCUT2D eigenvalue weighted by atomic mass is 10.0. The second-order valence-corrected chi connectivity index (χ2v) is 7.00. The fraction of sp³-hybridized carbons (Fsp3) is 0.130. The second-order valence-electron chi connectivity index (χ2n) is 7.00.